The number of fused-ring (bicyclic) bond motifs is 2. The van der Waals surface area contributed by atoms with Gasteiger partial charge in [-0.1, -0.05) is 13.8 Å². The predicted octanol–water partition coefficient (Wildman–Crippen LogP) is 2.40. The first-order chi connectivity index (χ1) is 11.0. The Bertz CT molecular complexity index is 768. The lowest BCUT2D eigenvalue weighted by Crippen LogP contribution is -2.65. The summed E-state index contributed by atoms with van der Waals surface area (Å²) in [6.45, 7) is 6.91. The number of rotatable bonds is 2. The summed E-state index contributed by atoms with van der Waals surface area (Å²) in [6, 6.07) is 1.86. The molecule has 2 aromatic rings. The summed E-state index contributed by atoms with van der Waals surface area (Å²) in [4.78, 5) is 17.0. The van der Waals surface area contributed by atoms with Gasteiger partial charge in [-0.25, -0.2) is 14.3 Å². The number of aromatic nitrogens is 3. The lowest BCUT2D eigenvalue weighted by Gasteiger charge is -2.58. The van der Waals surface area contributed by atoms with Gasteiger partial charge in [0.1, 0.15) is 11.7 Å². The molecule has 0 bridgehead atoms. The highest BCUT2D eigenvalue weighted by atomic mass is 16.6. The largest absolute Gasteiger partial charge is 0.458 e. The second-order valence-corrected chi connectivity index (χ2v) is 7.14. The fourth-order valence-electron chi connectivity index (χ4n) is 4.00. The second kappa shape index (κ2) is 5.03. The molecule has 2 aliphatic rings. The van der Waals surface area contributed by atoms with Crippen molar-refractivity contribution in [3.05, 3.63) is 29.7 Å². The summed E-state index contributed by atoms with van der Waals surface area (Å²) in [5.41, 5.74) is 1.66. The Morgan fingerprint density at radius 2 is 2.30 bits per heavy atom. The van der Waals surface area contributed by atoms with Crippen LogP contribution in [-0.2, 0) is 9.47 Å². The molecule has 1 aliphatic heterocycles. The molecule has 6 nitrogen and oxygen atoms in total. The Hall–Kier alpha value is -1.95. The maximum absolute atomic E-state index is 12.6. The maximum Gasteiger partial charge on any atom is 0.343 e. The number of esters is 1. The van der Waals surface area contributed by atoms with Gasteiger partial charge in [0.25, 0.3) is 0 Å². The first-order valence-electron chi connectivity index (χ1n) is 8.12. The van der Waals surface area contributed by atoms with Crippen LogP contribution < -0.4 is 0 Å². The molecule has 1 aliphatic carbocycles. The number of ether oxygens (including phenoxy) is 2. The van der Waals surface area contributed by atoms with E-state index in [-0.39, 0.29) is 23.6 Å². The van der Waals surface area contributed by atoms with Gasteiger partial charge in [-0.2, -0.15) is 5.10 Å². The van der Waals surface area contributed by atoms with Crippen molar-refractivity contribution in [2.45, 2.75) is 45.8 Å². The summed E-state index contributed by atoms with van der Waals surface area (Å²) in [5.74, 6) is -0.0422. The molecule has 4 rings (SSSR count). The van der Waals surface area contributed by atoms with Crippen molar-refractivity contribution in [3.8, 4) is 0 Å². The van der Waals surface area contributed by atoms with E-state index in [1.54, 1.807) is 10.7 Å². The highest BCUT2D eigenvalue weighted by molar-refractivity contribution is 5.95. The van der Waals surface area contributed by atoms with Crippen LogP contribution in [0.3, 0.4) is 0 Å². The van der Waals surface area contributed by atoms with Gasteiger partial charge in [-0.3, -0.25) is 0 Å². The number of nitrogens with zero attached hydrogens (tertiary/aromatic N) is 3. The molecule has 6 heteroatoms. The molecule has 1 saturated heterocycles. The average Bonchev–Trinajstić information content (AvgIpc) is 2.95. The fraction of sp³-hybridized carbons (Fsp3) is 0.588. The molecular weight excluding hydrogens is 294 g/mol. The molecule has 0 unspecified atom stereocenters. The van der Waals surface area contributed by atoms with E-state index in [0.29, 0.717) is 17.1 Å². The number of carbonyl (C=O) groups is 1. The number of aryl methyl sites for hydroxylation is 1. The van der Waals surface area contributed by atoms with Crippen molar-refractivity contribution in [2.75, 3.05) is 6.61 Å². The number of carbonyl (C=O) groups excluding carboxylic acids is 1. The third-order valence-electron chi connectivity index (χ3n) is 5.19. The molecule has 1 saturated carbocycles. The van der Waals surface area contributed by atoms with E-state index in [1.807, 2.05) is 13.0 Å². The molecule has 122 valence electrons. The lowest BCUT2D eigenvalue weighted by atomic mass is 9.57. The third kappa shape index (κ3) is 2.16. The Morgan fingerprint density at radius 1 is 1.48 bits per heavy atom. The summed E-state index contributed by atoms with van der Waals surface area (Å²) in [7, 11) is 0. The van der Waals surface area contributed by atoms with Gasteiger partial charge in [-0.15, -0.1) is 0 Å². The minimum absolute atomic E-state index is 0.111. The molecule has 0 aromatic carbocycles. The van der Waals surface area contributed by atoms with Gasteiger partial charge < -0.3 is 9.47 Å². The molecule has 0 N–H and O–H groups in total. The van der Waals surface area contributed by atoms with E-state index >= 15 is 0 Å². The van der Waals surface area contributed by atoms with Crippen LogP contribution in [0.4, 0.5) is 0 Å². The van der Waals surface area contributed by atoms with Gasteiger partial charge in [0, 0.05) is 29.8 Å². The van der Waals surface area contributed by atoms with E-state index in [2.05, 4.69) is 23.9 Å². The molecule has 2 fully saturated rings. The van der Waals surface area contributed by atoms with Crippen molar-refractivity contribution >= 4 is 11.6 Å². The summed E-state index contributed by atoms with van der Waals surface area (Å²) < 4.78 is 13.3. The van der Waals surface area contributed by atoms with E-state index in [4.69, 9.17) is 9.47 Å². The Balaban J connectivity index is 1.58. The van der Waals surface area contributed by atoms with Crippen LogP contribution in [0.5, 0.6) is 0 Å². The Kier molecular flexibility index (Phi) is 3.20. The number of hydrogen-bond donors (Lipinski definition) is 0. The Morgan fingerprint density at radius 3 is 3.13 bits per heavy atom. The molecular formula is C17H21N3O3. The second-order valence-electron chi connectivity index (χ2n) is 7.14. The van der Waals surface area contributed by atoms with E-state index in [9.17, 15) is 4.79 Å². The van der Waals surface area contributed by atoms with Gasteiger partial charge in [0.05, 0.1) is 12.3 Å². The minimum atomic E-state index is -0.347. The van der Waals surface area contributed by atoms with Crippen molar-refractivity contribution in [1.82, 2.24) is 14.6 Å². The van der Waals surface area contributed by atoms with E-state index in [0.717, 1.165) is 25.1 Å². The SMILES string of the molecule is Cc1ccn2ncc(C(=O)O[C@@H]3[C@@H]4CCCO[C@H]4C3(C)C)c2n1. The normalized spacial score (nSPS) is 28.9. The van der Waals surface area contributed by atoms with Crippen LogP contribution in [0.25, 0.3) is 5.65 Å². The fourth-order valence-corrected chi connectivity index (χ4v) is 4.00. The van der Waals surface area contributed by atoms with Gasteiger partial charge in [0.2, 0.25) is 0 Å². The highest BCUT2D eigenvalue weighted by Gasteiger charge is 2.60. The monoisotopic (exact) mass is 315 g/mol. The average molecular weight is 315 g/mol. The summed E-state index contributed by atoms with van der Waals surface area (Å²) >= 11 is 0. The lowest BCUT2D eigenvalue weighted by molar-refractivity contribution is -0.243. The highest BCUT2D eigenvalue weighted by Crippen LogP contribution is 2.53. The molecule has 23 heavy (non-hydrogen) atoms. The topological polar surface area (TPSA) is 65.7 Å². The number of hydrogen-bond acceptors (Lipinski definition) is 5. The van der Waals surface area contributed by atoms with Crippen molar-refractivity contribution in [1.29, 1.82) is 0 Å². The smallest absolute Gasteiger partial charge is 0.343 e. The quantitative estimate of drug-likeness (QED) is 0.796. The molecule has 0 radical (unpaired) electrons. The first kappa shape index (κ1) is 14.6. The molecule has 0 spiro atoms. The third-order valence-corrected chi connectivity index (χ3v) is 5.19. The molecule has 0 amide bonds. The zero-order chi connectivity index (χ0) is 16.2. The van der Waals surface area contributed by atoms with Crippen LogP contribution in [0.15, 0.2) is 18.5 Å². The zero-order valence-electron chi connectivity index (χ0n) is 13.7. The summed E-state index contributed by atoms with van der Waals surface area (Å²) in [5, 5.41) is 4.18. The van der Waals surface area contributed by atoms with Crippen LogP contribution in [-0.4, -0.2) is 39.4 Å². The first-order valence-corrected chi connectivity index (χ1v) is 8.12. The standard InChI is InChI=1S/C17H21N3O3/c1-10-6-7-20-15(19-10)12(9-18-20)16(21)23-14-11-5-4-8-22-13(11)17(14,2)3/h6-7,9,11,13-14H,4-5,8H2,1-3H3/t11-,13-,14-/m1/s1. The maximum atomic E-state index is 12.6. The van der Waals surface area contributed by atoms with Crippen LogP contribution >= 0.6 is 0 Å². The van der Waals surface area contributed by atoms with Gasteiger partial charge in [-0.05, 0) is 25.8 Å². The molecule has 3 heterocycles. The van der Waals surface area contributed by atoms with Crippen molar-refractivity contribution in [2.24, 2.45) is 11.3 Å². The van der Waals surface area contributed by atoms with Crippen molar-refractivity contribution < 1.29 is 14.3 Å². The van der Waals surface area contributed by atoms with E-state index < -0.39 is 0 Å². The van der Waals surface area contributed by atoms with Gasteiger partial charge >= 0.3 is 5.97 Å². The van der Waals surface area contributed by atoms with Crippen molar-refractivity contribution in [3.63, 3.8) is 0 Å². The zero-order valence-corrected chi connectivity index (χ0v) is 13.7. The van der Waals surface area contributed by atoms with E-state index in [1.165, 1.54) is 6.20 Å². The summed E-state index contributed by atoms with van der Waals surface area (Å²) in [6.07, 6.45) is 5.50. The molecule has 2 aromatic heterocycles. The van der Waals surface area contributed by atoms with Crippen LogP contribution in [0, 0.1) is 18.3 Å². The predicted molar refractivity (Wildman–Crippen MR) is 83.2 cm³/mol. The Labute approximate surface area is 134 Å². The van der Waals surface area contributed by atoms with Crippen LogP contribution in [0.1, 0.15) is 42.7 Å². The minimum Gasteiger partial charge on any atom is -0.458 e. The van der Waals surface area contributed by atoms with Crippen LogP contribution in [0.2, 0.25) is 0 Å². The van der Waals surface area contributed by atoms with Gasteiger partial charge in [0.15, 0.2) is 5.65 Å². The molecule has 3 atom stereocenters.